The summed E-state index contributed by atoms with van der Waals surface area (Å²) in [6.07, 6.45) is 1.17. The van der Waals surface area contributed by atoms with Crippen LogP contribution in [0.4, 0.5) is 5.69 Å². The topological polar surface area (TPSA) is 78.5 Å². The predicted octanol–water partition coefficient (Wildman–Crippen LogP) is 2.68. The second-order valence-corrected chi connectivity index (χ2v) is 6.72. The van der Waals surface area contributed by atoms with E-state index in [0.29, 0.717) is 24.1 Å². The summed E-state index contributed by atoms with van der Waals surface area (Å²) in [5, 5.41) is 0. The zero-order chi connectivity index (χ0) is 19.6. The van der Waals surface area contributed by atoms with E-state index in [1.165, 1.54) is 0 Å². The van der Waals surface area contributed by atoms with E-state index >= 15 is 0 Å². The normalized spacial score (nSPS) is 12.5. The summed E-state index contributed by atoms with van der Waals surface area (Å²) in [7, 11) is 0. The fourth-order valence-electron chi connectivity index (χ4n) is 3.31. The minimum Gasteiger partial charge on any atom is -0.312 e. The van der Waals surface area contributed by atoms with Crippen molar-refractivity contribution in [3.05, 3.63) is 64.2 Å². The molecule has 0 unspecified atom stereocenters. The molecule has 2 aromatic rings. The van der Waals surface area contributed by atoms with Crippen LogP contribution in [0.3, 0.4) is 0 Å². The van der Waals surface area contributed by atoms with Gasteiger partial charge in [-0.15, -0.1) is 0 Å². The number of carbonyl (C=O) groups is 3. The third-order valence-corrected chi connectivity index (χ3v) is 4.76. The molecule has 6 nitrogen and oxygen atoms in total. The van der Waals surface area contributed by atoms with Gasteiger partial charge in [0.25, 0.3) is 11.8 Å². The molecule has 0 saturated heterocycles. The van der Waals surface area contributed by atoms with Gasteiger partial charge in [-0.1, -0.05) is 24.6 Å². The molecule has 0 spiro atoms. The first-order valence-corrected chi connectivity index (χ1v) is 9.02. The van der Waals surface area contributed by atoms with Crippen LogP contribution in [0.5, 0.6) is 0 Å². The molecule has 0 radical (unpaired) electrons. The van der Waals surface area contributed by atoms with Gasteiger partial charge in [0, 0.05) is 29.8 Å². The summed E-state index contributed by atoms with van der Waals surface area (Å²) < 4.78 is 0. The predicted molar refractivity (Wildman–Crippen MR) is 104 cm³/mol. The molecular formula is C21H23N3O3. The first kappa shape index (κ1) is 18.6. The number of amides is 3. The maximum Gasteiger partial charge on any atom is 0.269 e. The quantitative estimate of drug-likeness (QED) is 0.821. The van der Waals surface area contributed by atoms with Gasteiger partial charge in [0.05, 0.1) is 0 Å². The van der Waals surface area contributed by atoms with E-state index in [1.807, 2.05) is 32.9 Å². The lowest BCUT2D eigenvalue weighted by atomic mass is 10.1. The van der Waals surface area contributed by atoms with E-state index in [1.54, 1.807) is 29.2 Å². The van der Waals surface area contributed by atoms with Crippen molar-refractivity contribution < 1.29 is 14.4 Å². The van der Waals surface area contributed by atoms with Crippen molar-refractivity contribution in [2.45, 2.75) is 33.6 Å². The van der Waals surface area contributed by atoms with Crippen LogP contribution in [0, 0.1) is 13.8 Å². The highest BCUT2D eigenvalue weighted by molar-refractivity contribution is 6.01. The molecule has 0 aliphatic carbocycles. The number of nitrogens with one attached hydrogen (secondary N) is 2. The van der Waals surface area contributed by atoms with Crippen molar-refractivity contribution in [3.63, 3.8) is 0 Å². The van der Waals surface area contributed by atoms with Crippen molar-refractivity contribution in [2.24, 2.45) is 0 Å². The Hall–Kier alpha value is -3.15. The third-order valence-electron chi connectivity index (χ3n) is 4.76. The molecule has 0 bridgehead atoms. The molecule has 1 heterocycles. The van der Waals surface area contributed by atoms with E-state index < -0.39 is 5.91 Å². The summed E-state index contributed by atoms with van der Waals surface area (Å²) in [5.74, 6) is -0.676. The Labute approximate surface area is 158 Å². The number of rotatable bonds is 3. The summed E-state index contributed by atoms with van der Waals surface area (Å²) in [6, 6.07) is 10.7. The maximum atomic E-state index is 12.4. The number of hydrogen-bond donors (Lipinski definition) is 2. The van der Waals surface area contributed by atoms with E-state index in [0.717, 1.165) is 28.8 Å². The summed E-state index contributed by atoms with van der Waals surface area (Å²) in [5.41, 5.74) is 9.62. The van der Waals surface area contributed by atoms with Gasteiger partial charge in [0.1, 0.15) is 0 Å². The minimum atomic E-state index is -0.392. The molecular weight excluding hydrogens is 342 g/mol. The summed E-state index contributed by atoms with van der Waals surface area (Å²) >= 11 is 0. The zero-order valence-electron chi connectivity index (χ0n) is 15.8. The lowest BCUT2D eigenvalue weighted by Crippen LogP contribution is -2.41. The van der Waals surface area contributed by atoms with Crippen LogP contribution in [0.15, 0.2) is 36.4 Å². The van der Waals surface area contributed by atoms with Gasteiger partial charge in [-0.2, -0.15) is 0 Å². The molecule has 0 saturated carbocycles. The van der Waals surface area contributed by atoms with Gasteiger partial charge >= 0.3 is 0 Å². The number of anilines is 1. The third kappa shape index (κ3) is 3.84. The standard InChI is InChI=1S/C21H23N3O3/c1-4-19(25)24-10-9-15-12-16(6-8-18(15)24)20(26)22-23-21(27)17-7-5-13(2)11-14(17)3/h5-8,11-12H,4,9-10H2,1-3H3,(H,22,26)(H,23,27). The highest BCUT2D eigenvalue weighted by Crippen LogP contribution is 2.29. The first-order valence-electron chi connectivity index (χ1n) is 9.02. The van der Waals surface area contributed by atoms with Crippen LogP contribution in [-0.4, -0.2) is 24.3 Å². The maximum absolute atomic E-state index is 12.4. The van der Waals surface area contributed by atoms with E-state index in [2.05, 4.69) is 10.9 Å². The molecule has 1 aliphatic heterocycles. The average Bonchev–Trinajstić information content (AvgIpc) is 3.08. The number of aryl methyl sites for hydroxylation is 2. The van der Waals surface area contributed by atoms with Crippen molar-refractivity contribution >= 4 is 23.4 Å². The lowest BCUT2D eigenvalue weighted by Gasteiger charge is -2.16. The van der Waals surface area contributed by atoms with Crippen molar-refractivity contribution in [1.82, 2.24) is 10.9 Å². The largest absolute Gasteiger partial charge is 0.312 e. The van der Waals surface area contributed by atoms with Crippen LogP contribution in [0.1, 0.15) is 50.8 Å². The van der Waals surface area contributed by atoms with Gasteiger partial charge in [-0.05, 0) is 55.7 Å². The zero-order valence-corrected chi connectivity index (χ0v) is 15.8. The molecule has 0 atom stereocenters. The first-order chi connectivity index (χ1) is 12.9. The summed E-state index contributed by atoms with van der Waals surface area (Å²) in [6.45, 7) is 6.28. The van der Waals surface area contributed by atoms with Gasteiger partial charge in [-0.25, -0.2) is 0 Å². The Morgan fingerprint density at radius 1 is 1.00 bits per heavy atom. The van der Waals surface area contributed by atoms with Crippen LogP contribution in [-0.2, 0) is 11.2 Å². The van der Waals surface area contributed by atoms with Gasteiger partial charge < -0.3 is 4.90 Å². The highest BCUT2D eigenvalue weighted by Gasteiger charge is 2.24. The monoisotopic (exact) mass is 365 g/mol. The number of hydrazine groups is 1. The molecule has 0 aromatic heterocycles. The fraction of sp³-hybridized carbons (Fsp3) is 0.286. The minimum absolute atomic E-state index is 0.0756. The van der Waals surface area contributed by atoms with E-state index in [4.69, 9.17) is 0 Å². The number of carbonyl (C=O) groups excluding carboxylic acids is 3. The van der Waals surface area contributed by atoms with E-state index in [-0.39, 0.29) is 11.8 Å². The molecule has 2 aromatic carbocycles. The summed E-state index contributed by atoms with van der Waals surface area (Å²) in [4.78, 5) is 38.4. The second-order valence-electron chi connectivity index (χ2n) is 6.72. The van der Waals surface area contributed by atoms with Gasteiger partial charge in [0.15, 0.2) is 0 Å². The van der Waals surface area contributed by atoms with Crippen LogP contribution < -0.4 is 15.8 Å². The molecule has 1 aliphatic rings. The van der Waals surface area contributed by atoms with Crippen molar-refractivity contribution in [2.75, 3.05) is 11.4 Å². The molecule has 0 fully saturated rings. The van der Waals surface area contributed by atoms with Crippen LogP contribution in [0.2, 0.25) is 0 Å². The molecule has 2 N–H and O–H groups in total. The lowest BCUT2D eigenvalue weighted by molar-refractivity contribution is -0.118. The highest BCUT2D eigenvalue weighted by atomic mass is 16.2. The molecule has 140 valence electrons. The Bertz CT molecular complexity index is 921. The van der Waals surface area contributed by atoms with Gasteiger partial charge in [-0.3, -0.25) is 25.2 Å². The fourth-order valence-corrected chi connectivity index (χ4v) is 3.31. The smallest absolute Gasteiger partial charge is 0.269 e. The molecule has 6 heteroatoms. The Balaban J connectivity index is 1.67. The number of benzene rings is 2. The number of nitrogens with zero attached hydrogens (tertiary/aromatic N) is 1. The SMILES string of the molecule is CCC(=O)N1CCc2cc(C(=O)NNC(=O)c3ccc(C)cc3C)ccc21. The Morgan fingerprint density at radius 2 is 1.74 bits per heavy atom. The van der Waals surface area contributed by atoms with E-state index in [9.17, 15) is 14.4 Å². The average molecular weight is 365 g/mol. The Morgan fingerprint density at radius 3 is 2.44 bits per heavy atom. The Kier molecular flexibility index (Phi) is 5.26. The molecule has 3 amide bonds. The van der Waals surface area contributed by atoms with Crippen molar-refractivity contribution in [3.8, 4) is 0 Å². The molecule has 3 rings (SSSR count). The van der Waals surface area contributed by atoms with Crippen LogP contribution >= 0.6 is 0 Å². The number of fused-ring (bicyclic) bond motifs is 1. The van der Waals surface area contributed by atoms with Crippen LogP contribution in [0.25, 0.3) is 0 Å². The number of hydrogen-bond acceptors (Lipinski definition) is 3. The molecule has 27 heavy (non-hydrogen) atoms. The van der Waals surface area contributed by atoms with Gasteiger partial charge in [0.2, 0.25) is 5.91 Å². The second kappa shape index (κ2) is 7.61. The van der Waals surface area contributed by atoms with Crippen molar-refractivity contribution in [1.29, 1.82) is 0 Å².